The van der Waals surface area contributed by atoms with E-state index in [1.54, 1.807) is 0 Å². The SMILES string of the molecule is CC(=O)Nc1ccc(F)c(NC(=O)c2ccc(SC(F)F)cc2)c1. The van der Waals surface area contributed by atoms with Gasteiger partial charge in [-0.3, -0.25) is 9.59 Å². The normalized spacial score (nSPS) is 10.5. The molecule has 126 valence electrons. The van der Waals surface area contributed by atoms with E-state index in [2.05, 4.69) is 10.6 Å². The molecule has 0 fully saturated rings. The molecule has 8 heteroatoms. The van der Waals surface area contributed by atoms with Crippen molar-refractivity contribution in [1.82, 2.24) is 0 Å². The van der Waals surface area contributed by atoms with Gasteiger partial charge in [0, 0.05) is 23.1 Å². The molecule has 0 saturated carbocycles. The molecule has 2 aromatic carbocycles. The number of anilines is 2. The van der Waals surface area contributed by atoms with Crippen LogP contribution in [0.3, 0.4) is 0 Å². The average Bonchev–Trinajstić information content (AvgIpc) is 2.50. The second kappa shape index (κ2) is 7.87. The van der Waals surface area contributed by atoms with Crippen molar-refractivity contribution in [3.8, 4) is 0 Å². The first-order chi connectivity index (χ1) is 11.3. The summed E-state index contributed by atoms with van der Waals surface area (Å²) in [5.74, 6) is -4.13. The maximum Gasteiger partial charge on any atom is 0.288 e. The van der Waals surface area contributed by atoms with E-state index in [-0.39, 0.29) is 17.2 Å². The molecule has 0 bridgehead atoms. The number of alkyl halides is 2. The van der Waals surface area contributed by atoms with Crippen LogP contribution < -0.4 is 10.6 Å². The van der Waals surface area contributed by atoms with E-state index in [4.69, 9.17) is 0 Å². The van der Waals surface area contributed by atoms with Crippen molar-refractivity contribution in [2.75, 3.05) is 10.6 Å². The van der Waals surface area contributed by atoms with E-state index in [0.29, 0.717) is 22.3 Å². The van der Waals surface area contributed by atoms with Crippen LogP contribution in [-0.2, 0) is 4.79 Å². The first-order valence-electron chi connectivity index (χ1n) is 6.78. The lowest BCUT2D eigenvalue weighted by molar-refractivity contribution is -0.114. The maximum absolute atomic E-state index is 13.8. The van der Waals surface area contributed by atoms with Gasteiger partial charge >= 0.3 is 0 Å². The summed E-state index contributed by atoms with van der Waals surface area (Å²) in [5.41, 5.74) is 0.429. The van der Waals surface area contributed by atoms with E-state index >= 15 is 0 Å². The molecule has 0 heterocycles. The minimum absolute atomic E-state index is 0.0997. The quantitative estimate of drug-likeness (QED) is 0.785. The van der Waals surface area contributed by atoms with Crippen molar-refractivity contribution in [2.24, 2.45) is 0 Å². The molecular weight excluding hydrogens is 341 g/mol. The predicted octanol–water partition coefficient (Wildman–Crippen LogP) is 4.35. The van der Waals surface area contributed by atoms with Crippen LogP contribution in [0.2, 0.25) is 0 Å². The van der Waals surface area contributed by atoms with E-state index in [9.17, 15) is 22.8 Å². The first kappa shape index (κ1) is 17.9. The van der Waals surface area contributed by atoms with Crippen molar-refractivity contribution < 1.29 is 22.8 Å². The highest BCUT2D eigenvalue weighted by atomic mass is 32.2. The van der Waals surface area contributed by atoms with Gasteiger partial charge in [-0.05, 0) is 42.5 Å². The van der Waals surface area contributed by atoms with E-state index in [1.807, 2.05) is 0 Å². The molecule has 0 saturated heterocycles. The van der Waals surface area contributed by atoms with Gasteiger partial charge in [-0.2, -0.15) is 8.78 Å². The van der Waals surface area contributed by atoms with Gasteiger partial charge in [0.15, 0.2) is 0 Å². The number of carbonyl (C=O) groups excluding carboxylic acids is 2. The molecule has 2 N–H and O–H groups in total. The molecule has 2 rings (SSSR count). The van der Waals surface area contributed by atoms with Crippen molar-refractivity contribution in [2.45, 2.75) is 17.6 Å². The van der Waals surface area contributed by atoms with Crippen LogP contribution >= 0.6 is 11.8 Å². The van der Waals surface area contributed by atoms with Gasteiger partial charge < -0.3 is 10.6 Å². The molecule has 0 aliphatic heterocycles. The highest BCUT2D eigenvalue weighted by Crippen LogP contribution is 2.25. The van der Waals surface area contributed by atoms with Crippen LogP contribution in [0.1, 0.15) is 17.3 Å². The maximum atomic E-state index is 13.8. The standard InChI is InChI=1S/C16H13F3N2O2S/c1-9(22)20-11-4-7-13(17)14(8-11)21-15(23)10-2-5-12(6-3-10)24-16(18)19/h2-8,16H,1H3,(H,20,22)(H,21,23). The minimum Gasteiger partial charge on any atom is -0.326 e. The van der Waals surface area contributed by atoms with E-state index in [0.717, 1.165) is 6.07 Å². The zero-order valence-electron chi connectivity index (χ0n) is 12.5. The fourth-order valence-electron chi connectivity index (χ4n) is 1.88. The number of rotatable bonds is 5. The van der Waals surface area contributed by atoms with E-state index in [1.165, 1.54) is 43.3 Å². The average molecular weight is 354 g/mol. The van der Waals surface area contributed by atoms with Crippen molar-refractivity contribution in [3.63, 3.8) is 0 Å². The highest BCUT2D eigenvalue weighted by molar-refractivity contribution is 7.99. The van der Waals surface area contributed by atoms with Crippen molar-refractivity contribution >= 4 is 35.0 Å². The summed E-state index contributed by atoms with van der Waals surface area (Å²) >= 11 is 0.368. The number of carbonyl (C=O) groups is 2. The van der Waals surface area contributed by atoms with Crippen LogP contribution in [-0.4, -0.2) is 17.6 Å². The molecule has 2 aromatic rings. The zero-order chi connectivity index (χ0) is 17.7. The monoisotopic (exact) mass is 354 g/mol. The minimum atomic E-state index is -2.55. The fourth-order valence-corrected chi connectivity index (χ4v) is 2.38. The Balaban J connectivity index is 2.12. The summed E-state index contributed by atoms with van der Waals surface area (Å²) in [6.07, 6.45) is 0. The Bertz CT molecular complexity index is 751. The molecule has 24 heavy (non-hydrogen) atoms. The molecule has 2 amide bonds. The number of nitrogens with one attached hydrogen (secondary N) is 2. The Morgan fingerprint density at radius 2 is 1.71 bits per heavy atom. The van der Waals surface area contributed by atoms with Gasteiger partial charge in [-0.1, -0.05) is 11.8 Å². The number of hydrogen-bond donors (Lipinski definition) is 2. The van der Waals surface area contributed by atoms with Gasteiger partial charge in [0.05, 0.1) is 5.69 Å². The lowest BCUT2D eigenvalue weighted by Crippen LogP contribution is -2.13. The van der Waals surface area contributed by atoms with Crippen LogP contribution in [0.25, 0.3) is 0 Å². The van der Waals surface area contributed by atoms with Gasteiger partial charge in [0.2, 0.25) is 5.91 Å². The Labute approximate surface area is 140 Å². The zero-order valence-corrected chi connectivity index (χ0v) is 13.3. The van der Waals surface area contributed by atoms with Crippen LogP contribution in [0, 0.1) is 5.82 Å². The topological polar surface area (TPSA) is 58.2 Å². The number of thioether (sulfide) groups is 1. The second-order valence-electron chi connectivity index (χ2n) is 4.73. The second-order valence-corrected chi connectivity index (χ2v) is 5.80. The summed E-state index contributed by atoms with van der Waals surface area (Å²) in [6, 6.07) is 9.28. The third kappa shape index (κ3) is 5.02. The largest absolute Gasteiger partial charge is 0.326 e. The van der Waals surface area contributed by atoms with Gasteiger partial charge in [-0.25, -0.2) is 4.39 Å². The number of hydrogen-bond acceptors (Lipinski definition) is 3. The lowest BCUT2D eigenvalue weighted by Gasteiger charge is -2.09. The molecule has 0 aliphatic carbocycles. The molecule has 0 aromatic heterocycles. The molecule has 0 unspecified atom stereocenters. The molecule has 4 nitrogen and oxygen atoms in total. The summed E-state index contributed by atoms with van der Waals surface area (Å²) in [4.78, 5) is 23.4. The fraction of sp³-hybridized carbons (Fsp3) is 0.125. The van der Waals surface area contributed by atoms with Gasteiger partial charge in [0.25, 0.3) is 11.7 Å². The number of benzene rings is 2. The molecule has 0 aliphatic rings. The van der Waals surface area contributed by atoms with Crippen molar-refractivity contribution in [3.05, 3.63) is 53.8 Å². The van der Waals surface area contributed by atoms with E-state index < -0.39 is 17.5 Å². The smallest absolute Gasteiger partial charge is 0.288 e. The molecular formula is C16H13F3N2O2S. The predicted molar refractivity (Wildman–Crippen MR) is 87.0 cm³/mol. The summed E-state index contributed by atoms with van der Waals surface area (Å²) in [6.45, 7) is 1.31. The van der Waals surface area contributed by atoms with Crippen LogP contribution in [0.15, 0.2) is 47.4 Å². The van der Waals surface area contributed by atoms with Crippen LogP contribution in [0.5, 0.6) is 0 Å². The molecule has 0 spiro atoms. The number of amides is 2. The summed E-state index contributed by atoms with van der Waals surface area (Å²) in [5, 5.41) is 4.86. The third-order valence-corrected chi connectivity index (χ3v) is 3.60. The Kier molecular flexibility index (Phi) is 5.86. The Morgan fingerprint density at radius 3 is 2.29 bits per heavy atom. The summed E-state index contributed by atoms with van der Waals surface area (Å²) in [7, 11) is 0. The summed E-state index contributed by atoms with van der Waals surface area (Å²) < 4.78 is 38.3. The van der Waals surface area contributed by atoms with Crippen LogP contribution in [0.4, 0.5) is 24.5 Å². The van der Waals surface area contributed by atoms with Crippen molar-refractivity contribution in [1.29, 1.82) is 0 Å². The molecule has 0 radical (unpaired) electrons. The molecule has 0 atom stereocenters. The van der Waals surface area contributed by atoms with Gasteiger partial charge in [-0.15, -0.1) is 0 Å². The number of halogens is 3. The Hall–Kier alpha value is -2.48. The highest BCUT2D eigenvalue weighted by Gasteiger charge is 2.12. The Morgan fingerprint density at radius 1 is 1.04 bits per heavy atom. The third-order valence-electron chi connectivity index (χ3n) is 2.88. The lowest BCUT2D eigenvalue weighted by atomic mass is 10.2. The van der Waals surface area contributed by atoms with Gasteiger partial charge in [0.1, 0.15) is 5.82 Å². The first-order valence-corrected chi connectivity index (χ1v) is 7.66.